The minimum atomic E-state index is -3.51. The number of nitrogens with one attached hydrogen (secondary N) is 1. The molecule has 1 N–H and O–H groups in total. The van der Waals surface area contributed by atoms with Crippen LogP contribution in [-0.4, -0.2) is 45.7 Å². The summed E-state index contributed by atoms with van der Waals surface area (Å²) in [5, 5.41) is 0. The second-order valence-electron chi connectivity index (χ2n) is 5.06. The smallest absolute Gasteiger partial charge is 0.232 e. The molecule has 21 heavy (non-hydrogen) atoms. The molecule has 0 unspecified atom stereocenters. The summed E-state index contributed by atoms with van der Waals surface area (Å²) in [6, 6.07) is 8.56. The van der Waals surface area contributed by atoms with E-state index in [1.807, 2.05) is 0 Å². The highest BCUT2D eigenvalue weighted by atomic mass is 32.2. The van der Waals surface area contributed by atoms with E-state index in [1.54, 1.807) is 30.3 Å². The molecule has 1 aliphatic heterocycles. The lowest BCUT2D eigenvalue weighted by atomic mass is 10.3. The van der Waals surface area contributed by atoms with E-state index in [-0.39, 0.29) is 17.9 Å². The van der Waals surface area contributed by atoms with Crippen molar-refractivity contribution < 1.29 is 16.8 Å². The second-order valence-corrected chi connectivity index (χ2v) is 8.99. The Kier molecular flexibility index (Phi) is 5.23. The molecule has 1 aliphatic rings. The number of hydrogen-bond acceptors (Lipinski definition) is 4. The average molecular weight is 332 g/mol. The van der Waals surface area contributed by atoms with E-state index in [9.17, 15) is 16.8 Å². The Balaban J connectivity index is 1.84. The van der Waals surface area contributed by atoms with Crippen molar-refractivity contribution in [2.45, 2.75) is 19.3 Å². The SMILES string of the molecule is O=S(=O)(CCCS(=O)(=O)N1CCCC1)Nc1ccccc1. The fourth-order valence-electron chi connectivity index (χ4n) is 2.26. The van der Waals surface area contributed by atoms with E-state index in [1.165, 1.54) is 4.31 Å². The third kappa shape index (κ3) is 4.98. The van der Waals surface area contributed by atoms with Crippen molar-refractivity contribution in [3.63, 3.8) is 0 Å². The lowest BCUT2D eigenvalue weighted by molar-refractivity contribution is 0.476. The fourth-order valence-corrected chi connectivity index (χ4v) is 5.15. The van der Waals surface area contributed by atoms with E-state index in [2.05, 4.69) is 4.72 Å². The molecule has 2 rings (SSSR count). The van der Waals surface area contributed by atoms with Crippen molar-refractivity contribution in [1.29, 1.82) is 0 Å². The van der Waals surface area contributed by atoms with Gasteiger partial charge in [-0.1, -0.05) is 18.2 Å². The average Bonchev–Trinajstić information content (AvgIpc) is 2.93. The summed E-state index contributed by atoms with van der Waals surface area (Å²) in [5.74, 6) is -0.322. The Bertz CT molecular complexity index is 651. The molecule has 0 spiro atoms. The van der Waals surface area contributed by atoms with Crippen LogP contribution >= 0.6 is 0 Å². The van der Waals surface area contributed by atoms with Gasteiger partial charge in [0.05, 0.1) is 11.5 Å². The predicted molar refractivity (Wildman–Crippen MR) is 83.1 cm³/mol. The lowest BCUT2D eigenvalue weighted by Gasteiger charge is -2.15. The van der Waals surface area contributed by atoms with E-state index in [0.29, 0.717) is 18.8 Å². The molecule has 1 fully saturated rings. The first-order valence-corrected chi connectivity index (χ1v) is 10.2. The highest BCUT2D eigenvalue weighted by Crippen LogP contribution is 2.14. The van der Waals surface area contributed by atoms with Gasteiger partial charge in [-0.25, -0.2) is 21.1 Å². The van der Waals surface area contributed by atoms with Crippen LogP contribution in [0.1, 0.15) is 19.3 Å². The predicted octanol–water partition coefficient (Wildman–Crippen LogP) is 1.24. The van der Waals surface area contributed by atoms with Crippen molar-refractivity contribution in [2.24, 2.45) is 0 Å². The topological polar surface area (TPSA) is 83.5 Å². The Morgan fingerprint density at radius 1 is 0.952 bits per heavy atom. The van der Waals surface area contributed by atoms with Crippen LogP contribution in [0.2, 0.25) is 0 Å². The van der Waals surface area contributed by atoms with Crippen LogP contribution < -0.4 is 4.72 Å². The molecule has 1 aromatic rings. The monoisotopic (exact) mass is 332 g/mol. The van der Waals surface area contributed by atoms with E-state index in [0.717, 1.165) is 12.8 Å². The van der Waals surface area contributed by atoms with Crippen molar-refractivity contribution in [3.8, 4) is 0 Å². The third-order valence-corrected chi connectivity index (χ3v) is 6.65. The van der Waals surface area contributed by atoms with Crippen molar-refractivity contribution in [3.05, 3.63) is 30.3 Å². The number of rotatable bonds is 7. The van der Waals surface area contributed by atoms with Gasteiger partial charge in [0.1, 0.15) is 0 Å². The molecule has 8 heteroatoms. The van der Waals surface area contributed by atoms with Crippen LogP contribution in [0.4, 0.5) is 5.69 Å². The van der Waals surface area contributed by atoms with Gasteiger partial charge in [-0.3, -0.25) is 4.72 Å². The maximum Gasteiger partial charge on any atom is 0.232 e. The summed E-state index contributed by atoms with van der Waals surface area (Å²) in [5.41, 5.74) is 0.486. The van der Waals surface area contributed by atoms with Gasteiger partial charge < -0.3 is 0 Å². The zero-order valence-corrected chi connectivity index (χ0v) is 13.4. The van der Waals surface area contributed by atoms with Crippen LogP contribution in [0, 0.1) is 0 Å². The van der Waals surface area contributed by atoms with Gasteiger partial charge >= 0.3 is 0 Å². The number of para-hydroxylation sites is 1. The zero-order chi connectivity index (χ0) is 15.3. The van der Waals surface area contributed by atoms with Crippen LogP contribution in [0.15, 0.2) is 30.3 Å². The number of benzene rings is 1. The molecule has 118 valence electrons. The molecule has 1 aromatic carbocycles. The van der Waals surface area contributed by atoms with Crippen molar-refractivity contribution >= 4 is 25.7 Å². The first-order chi connectivity index (χ1) is 9.89. The van der Waals surface area contributed by atoms with Crippen LogP contribution in [0.25, 0.3) is 0 Å². The molecule has 0 radical (unpaired) electrons. The molecule has 1 heterocycles. The minimum absolute atomic E-state index is 0.0982. The number of hydrogen-bond donors (Lipinski definition) is 1. The summed E-state index contributed by atoms with van der Waals surface area (Å²) in [6.07, 6.45) is 1.86. The van der Waals surface area contributed by atoms with Gasteiger partial charge in [-0.2, -0.15) is 0 Å². The van der Waals surface area contributed by atoms with Crippen molar-refractivity contribution in [2.75, 3.05) is 29.3 Å². The van der Waals surface area contributed by atoms with Gasteiger partial charge in [0.2, 0.25) is 20.0 Å². The highest BCUT2D eigenvalue weighted by molar-refractivity contribution is 7.92. The molecule has 1 saturated heterocycles. The summed E-state index contributed by atoms with van der Waals surface area (Å²) >= 11 is 0. The van der Waals surface area contributed by atoms with Gasteiger partial charge in [0, 0.05) is 18.8 Å². The maximum atomic E-state index is 12.0. The minimum Gasteiger partial charge on any atom is -0.284 e. The van der Waals surface area contributed by atoms with Gasteiger partial charge in [0.15, 0.2) is 0 Å². The van der Waals surface area contributed by atoms with E-state index in [4.69, 9.17) is 0 Å². The largest absolute Gasteiger partial charge is 0.284 e. The second kappa shape index (κ2) is 6.76. The van der Waals surface area contributed by atoms with E-state index < -0.39 is 20.0 Å². The summed E-state index contributed by atoms with van der Waals surface area (Å²) in [6.45, 7) is 1.11. The van der Waals surface area contributed by atoms with Gasteiger partial charge in [-0.15, -0.1) is 0 Å². The van der Waals surface area contributed by atoms with Gasteiger partial charge in [-0.05, 0) is 31.4 Å². The van der Waals surface area contributed by atoms with Crippen molar-refractivity contribution in [1.82, 2.24) is 4.31 Å². The molecular weight excluding hydrogens is 312 g/mol. The Labute approximate surface area is 126 Å². The standard InChI is InChI=1S/C13H20N2O4S2/c16-20(17,14-13-7-2-1-3-8-13)11-6-12-21(18,19)15-9-4-5-10-15/h1-3,7-8,14H,4-6,9-12H2. The number of anilines is 1. The molecule has 0 amide bonds. The number of sulfonamides is 2. The highest BCUT2D eigenvalue weighted by Gasteiger charge is 2.25. The molecule has 0 atom stereocenters. The first kappa shape index (κ1) is 16.3. The normalized spacial score (nSPS) is 17.0. The van der Waals surface area contributed by atoms with Crippen LogP contribution in [-0.2, 0) is 20.0 Å². The number of nitrogens with zero attached hydrogens (tertiary/aromatic N) is 1. The maximum absolute atomic E-state index is 12.0. The quantitative estimate of drug-likeness (QED) is 0.814. The molecule has 6 nitrogen and oxygen atoms in total. The summed E-state index contributed by atoms with van der Waals surface area (Å²) < 4.78 is 51.6. The first-order valence-electron chi connectivity index (χ1n) is 6.92. The Hall–Kier alpha value is -1.12. The van der Waals surface area contributed by atoms with Crippen LogP contribution in [0.3, 0.4) is 0 Å². The zero-order valence-electron chi connectivity index (χ0n) is 11.7. The molecule has 0 saturated carbocycles. The van der Waals surface area contributed by atoms with E-state index >= 15 is 0 Å². The van der Waals surface area contributed by atoms with Gasteiger partial charge in [0.25, 0.3) is 0 Å². The third-order valence-electron chi connectivity index (χ3n) is 3.32. The Morgan fingerprint density at radius 3 is 2.19 bits per heavy atom. The Morgan fingerprint density at radius 2 is 1.57 bits per heavy atom. The summed E-state index contributed by atoms with van der Waals surface area (Å²) in [4.78, 5) is 0. The lowest BCUT2D eigenvalue weighted by Crippen LogP contribution is -2.31. The summed E-state index contributed by atoms with van der Waals surface area (Å²) in [7, 11) is -6.83. The molecule has 0 aromatic heterocycles. The molecule has 0 bridgehead atoms. The van der Waals surface area contributed by atoms with Crippen LogP contribution in [0.5, 0.6) is 0 Å². The fraction of sp³-hybridized carbons (Fsp3) is 0.538. The molecule has 0 aliphatic carbocycles. The molecular formula is C13H20N2O4S2.